The lowest BCUT2D eigenvalue weighted by Crippen LogP contribution is -2.24. The molecular weight excluding hydrogens is 378 g/mol. The second-order valence-electron chi connectivity index (χ2n) is 7.19. The lowest BCUT2D eigenvalue weighted by atomic mass is 10.0. The van der Waals surface area contributed by atoms with Crippen LogP contribution in [-0.2, 0) is 4.79 Å². The molecule has 0 radical (unpaired) electrons. The number of nitrogens with zero attached hydrogens (tertiary/aromatic N) is 2. The molecule has 0 atom stereocenters. The lowest BCUT2D eigenvalue weighted by molar-refractivity contribution is -0.131. The van der Waals surface area contributed by atoms with Gasteiger partial charge < -0.3 is 15.0 Å². The van der Waals surface area contributed by atoms with Crippen molar-refractivity contribution in [3.63, 3.8) is 0 Å². The Labute approximate surface area is 175 Å². The van der Waals surface area contributed by atoms with E-state index in [0.717, 1.165) is 37.1 Å². The van der Waals surface area contributed by atoms with Gasteiger partial charge in [-0.2, -0.15) is 0 Å². The van der Waals surface area contributed by atoms with E-state index in [4.69, 9.17) is 4.74 Å². The van der Waals surface area contributed by atoms with Crippen LogP contribution in [0.3, 0.4) is 0 Å². The molecule has 0 spiro atoms. The molecule has 0 bridgehead atoms. The number of ether oxygens (including phenoxy) is 1. The molecule has 2 heterocycles. The van der Waals surface area contributed by atoms with Gasteiger partial charge in [0.25, 0.3) is 5.91 Å². The molecule has 1 fully saturated rings. The summed E-state index contributed by atoms with van der Waals surface area (Å²) < 4.78 is 5.32. The van der Waals surface area contributed by atoms with Crippen molar-refractivity contribution in [2.75, 3.05) is 23.3 Å². The number of hydrogen-bond acceptors (Lipinski definition) is 5. The van der Waals surface area contributed by atoms with Crippen molar-refractivity contribution in [3.8, 4) is 16.9 Å². The first-order chi connectivity index (χ1) is 14.6. The zero-order valence-corrected chi connectivity index (χ0v) is 16.8. The fourth-order valence-electron chi connectivity index (χ4n) is 3.63. The van der Waals surface area contributed by atoms with Gasteiger partial charge in [-0.15, -0.1) is 0 Å². The highest BCUT2D eigenvalue weighted by molar-refractivity contribution is 6.08. The zero-order valence-electron chi connectivity index (χ0n) is 16.8. The smallest absolute Gasteiger partial charge is 0.308 e. The molecule has 0 aliphatic carbocycles. The number of anilines is 2. The number of esters is 1. The van der Waals surface area contributed by atoms with E-state index in [1.807, 2.05) is 42.5 Å². The molecule has 1 N–H and O–H groups in total. The van der Waals surface area contributed by atoms with E-state index in [1.165, 1.54) is 6.92 Å². The Kier molecular flexibility index (Phi) is 5.75. The average Bonchev–Trinajstić information content (AvgIpc) is 3.30. The number of carbonyl (C=O) groups is 2. The second kappa shape index (κ2) is 8.78. The summed E-state index contributed by atoms with van der Waals surface area (Å²) in [6.45, 7) is 3.11. The van der Waals surface area contributed by atoms with Gasteiger partial charge in [0.05, 0.1) is 11.3 Å². The maximum absolute atomic E-state index is 13.2. The van der Waals surface area contributed by atoms with Crippen molar-refractivity contribution in [2.24, 2.45) is 0 Å². The van der Waals surface area contributed by atoms with Crippen LogP contribution < -0.4 is 15.0 Å². The minimum atomic E-state index is -0.447. The highest BCUT2D eigenvalue weighted by Gasteiger charge is 2.21. The third kappa shape index (κ3) is 4.33. The molecular formula is C24H23N3O3. The fourth-order valence-corrected chi connectivity index (χ4v) is 3.63. The van der Waals surface area contributed by atoms with Gasteiger partial charge in [-0.3, -0.25) is 9.59 Å². The highest BCUT2D eigenvalue weighted by Crippen LogP contribution is 2.32. The van der Waals surface area contributed by atoms with Gasteiger partial charge >= 0.3 is 5.97 Å². The molecule has 1 aromatic heterocycles. The highest BCUT2D eigenvalue weighted by atomic mass is 16.5. The molecule has 2 aromatic carbocycles. The molecule has 1 aliphatic rings. The van der Waals surface area contributed by atoms with E-state index < -0.39 is 5.97 Å². The fraction of sp³-hybridized carbons (Fsp3) is 0.208. The monoisotopic (exact) mass is 401 g/mol. The minimum absolute atomic E-state index is 0.288. The first-order valence-electron chi connectivity index (χ1n) is 10.0. The molecule has 6 heteroatoms. The molecule has 30 heavy (non-hydrogen) atoms. The number of hydrogen-bond donors (Lipinski definition) is 1. The predicted octanol–water partition coefficient (Wildman–Crippen LogP) is 4.53. The Morgan fingerprint density at radius 1 is 0.967 bits per heavy atom. The summed E-state index contributed by atoms with van der Waals surface area (Å²) in [6, 6.07) is 18.7. The number of carbonyl (C=O) groups excluding carboxylic acids is 2. The maximum atomic E-state index is 13.2. The van der Waals surface area contributed by atoms with E-state index >= 15 is 0 Å². The number of benzene rings is 2. The van der Waals surface area contributed by atoms with E-state index in [2.05, 4.69) is 15.2 Å². The van der Waals surface area contributed by atoms with Crippen LogP contribution in [0.5, 0.6) is 5.75 Å². The Balaban J connectivity index is 1.67. The largest absolute Gasteiger partial charge is 0.424 e. The second-order valence-corrected chi connectivity index (χ2v) is 7.19. The summed E-state index contributed by atoms with van der Waals surface area (Å²) in [6.07, 6.45) is 3.88. The molecule has 0 unspecified atom stereocenters. The molecule has 4 rings (SSSR count). The number of amides is 1. The molecule has 1 saturated heterocycles. The molecule has 1 aliphatic heterocycles. The van der Waals surface area contributed by atoms with Gasteiger partial charge in [0.2, 0.25) is 0 Å². The van der Waals surface area contributed by atoms with Crippen molar-refractivity contribution in [2.45, 2.75) is 19.8 Å². The Morgan fingerprint density at radius 3 is 2.47 bits per heavy atom. The maximum Gasteiger partial charge on any atom is 0.308 e. The molecule has 152 valence electrons. The summed E-state index contributed by atoms with van der Waals surface area (Å²) in [7, 11) is 0. The summed E-state index contributed by atoms with van der Waals surface area (Å²) in [5, 5.41) is 2.92. The third-order valence-electron chi connectivity index (χ3n) is 5.03. The summed E-state index contributed by atoms with van der Waals surface area (Å²) >= 11 is 0. The third-order valence-corrected chi connectivity index (χ3v) is 5.03. The van der Waals surface area contributed by atoms with E-state index in [9.17, 15) is 9.59 Å². The van der Waals surface area contributed by atoms with Gasteiger partial charge in [-0.05, 0) is 48.2 Å². The Hall–Kier alpha value is -3.67. The number of pyridine rings is 1. The molecule has 0 saturated carbocycles. The SMILES string of the molecule is CC(=O)Oc1ccc(-c2ccccc2)cc1NC(=O)c1cccnc1N1CCCC1. The summed E-state index contributed by atoms with van der Waals surface area (Å²) in [5.74, 6) is 0.253. The van der Waals surface area contributed by atoms with Gasteiger partial charge in [-0.1, -0.05) is 36.4 Å². The van der Waals surface area contributed by atoms with Gasteiger partial charge in [0.15, 0.2) is 5.75 Å². The van der Waals surface area contributed by atoms with Crippen LogP contribution in [0.2, 0.25) is 0 Å². The summed E-state index contributed by atoms with van der Waals surface area (Å²) in [5.41, 5.74) is 2.85. The van der Waals surface area contributed by atoms with Crippen molar-refractivity contribution >= 4 is 23.4 Å². The Bertz CT molecular complexity index is 1060. The lowest BCUT2D eigenvalue weighted by Gasteiger charge is -2.20. The van der Waals surface area contributed by atoms with E-state index in [0.29, 0.717) is 22.8 Å². The van der Waals surface area contributed by atoms with Crippen LogP contribution >= 0.6 is 0 Å². The van der Waals surface area contributed by atoms with Crippen LogP contribution in [0.15, 0.2) is 66.9 Å². The van der Waals surface area contributed by atoms with Crippen LogP contribution in [0.25, 0.3) is 11.1 Å². The molecule has 6 nitrogen and oxygen atoms in total. The normalized spacial score (nSPS) is 13.2. The number of rotatable bonds is 5. The first kappa shape index (κ1) is 19.6. The molecule has 1 amide bonds. The standard InChI is InChI=1S/C24H23N3O3/c1-17(28)30-22-12-11-19(18-8-3-2-4-9-18)16-21(22)26-24(29)20-10-7-13-25-23(20)27-14-5-6-15-27/h2-4,7-13,16H,5-6,14-15H2,1H3,(H,26,29). The molecule has 3 aromatic rings. The van der Waals surface area contributed by atoms with Crippen molar-refractivity contribution in [1.82, 2.24) is 4.98 Å². The van der Waals surface area contributed by atoms with Crippen LogP contribution in [0.4, 0.5) is 11.5 Å². The summed E-state index contributed by atoms with van der Waals surface area (Å²) in [4.78, 5) is 31.3. The van der Waals surface area contributed by atoms with Crippen LogP contribution in [-0.4, -0.2) is 29.9 Å². The van der Waals surface area contributed by atoms with Crippen molar-refractivity contribution in [1.29, 1.82) is 0 Å². The minimum Gasteiger partial charge on any atom is -0.424 e. The van der Waals surface area contributed by atoms with Crippen LogP contribution in [0.1, 0.15) is 30.1 Å². The van der Waals surface area contributed by atoms with Crippen LogP contribution in [0, 0.1) is 0 Å². The number of nitrogens with one attached hydrogen (secondary N) is 1. The first-order valence-corrected chi connectivity index (χ1v) is 10.0. The topological polar surface area (TPSA) is 71.5 Å². The van der Waals surface area contributed by atoms with Crippen molar-refractivity contribution in [3.05, 3.63) is 72.4 Å². The van der Waals surface area contributed by atoms with Gasteiger partial charge in [0.1, 0.15) is 5.82 Å². The van der Waals surface area contributed by atoms with Gasteiger partial charge in [0, 0.05) is 26.2 Å². The quantitative estimate of drug-likeness (QED) is 0.502. The zero-order chi connectivity index (χ0) is 20.9. The van der Waals surface area contributed by atoms with Gasteiger partial charge in [-0.25, -0.2) is 4.98 Å². The van der Waals surface area contributed by atoms with E-state index in [-0.39, 0.29) is 5.91 Å². The van der Waals surface area contributed by atoms with Crippen molar-refractivity contribution < 1.29 is 14.3 Å². The predicted molar refractivity (Wildman–Crippen MR) is 117 cm³/mol. The Morgan fingerprint density at radius 2 is 1.73 bits per heavy atom. The van der Waals surface area contributed by atoms with E-state index in [1.54, 1.807) is 24.4 Å². The number of aromatic nitrogens is 1. The average molecular weight is 401 g/mol.